The van der Waals surface area contributed by atoms with E-state index < -0.39 is 28.7 Å². The lowest BCUT2D eigenvalue weighted by Gasteiger charge is -2.31. The van der Waals surface area contributed by atoms with E-state index in [0.717, 1.165) is 13.1 Å². The molecule has 0 saturated carbocycles. The zero-order valence-electron chi connectivity index (χ0n) is 20.5. The number of ether oxygens (including phenoxy) is 2. The van der Waals surface area contributed by atoms with Crippen LogP contribution in [0.3, 0.4) is 0 Å². The van der Waals surface area contributed by atoms with Crippen molar-refractivity contribution in [1.29, 1.82) is 0 Å². The molecule has 9 heteroatoms. The van der Waals surface area contributed by atoms with Crippen molar-refractivity contribution in [3.63, 3.8) is 0 Å². The first kappa shape index (κ1) is 25.2. The summed E-state index contributed by atoms with van der Waals surface area (Å²) in [5, 5.41) is 11.4. The lowest BCUT2D eigenvalue weighted by Crippen LogP contribution is -2.37. The first-order valence-electron chi connectivity index (χ1n) is 11.8. The van der Waals surface area contributed by atoms with Crippen LogP contribution < -0.4 is 0 Å². The van der Waals surface area contributed by atoms with Gasteiger partial charge in [-0.2, -0.15) is 0 Å². The van der Waals surface area contributed by atoms with E-state index in [1.165, 1.54) is 24.8 Å². The van der Waals surface area contributed by atoms with Crippen molar-refractivity contribution in [1.82, 2.24) is 4.90 Å². The van der Waals surface area contributed by atoms with Crippen LogP contribution in [0.25, 0.3) is 0 Å². The molecule has 2 aromatic rings. The maximum atomic E-state index is 13.5. The predicted molar refractivity (Wildman–Crippen MR) is 133 cm³/mol. The Morgan fingerprint density at radius 2 is 1.89 bits per heavy atom. The van der Waals surface area contributed by atoms with Crippen LogP contribution in [0.1, 0.15) is 37.3 Å². The lowest BCUT2D eigenvalue weighted by atomic mass is 9.75. The molecule has 4 rings (SSSR count). The molecular formula is C27H29N3O6. The standard InChI is InChI=1S/C27H29N3O6/c1-17-23(26(31)35-3)25(20-10-7-11-21(14-20)30(33)34)24(18(2)28-17)27(32)36-22-12-13-29(16-22)15-19-8-5-4-6-9-19/h4-11,14,22-23,25H,12-13,15-16H2,1-3H3/t22-,23?,25+/m0/s1. The second-order valence-electron chi connectivity index (χ2n) is 9.12. The maximum absolute atomic E-state index is 13.5. The van der Waals surface area contributed by atoms with Crippen molar-refractivity contribution in [2.45, 2.75) is 38.8 Å². The maximum Gasteiger partial charge on any atom is 0.336 e. The van der Waals surface area contributed by atoms with Crippen LogP contribution >= 0.6 is 0 Å². The van der Waals surface area contributed by atoms with Crippen LogP contribution in [0.2, 0.25) is 0 Å². The van der Waals surface area contributed by atoms with Crippen molar-refractivity contribution in [2.24, 2.45) is 10.9 Å². The Hall–Kier alpha value is -3.85. The topological polar surface area (TPSA) is 111 Å². The molecule has 0 aliphatic carbocycles. The summed E-state index contributed by atoms with van der Waals surface area (Å²) in [6, 6.07) is 16.1. The Balaban J connectivity index is 1.60. The molecule has 188 valence electrons. The van der Waals surface area contributed by atoms with E-state index in [1.807, 2.05) is 18.2 Å². The average molecular weight is 492 g/mol. The molecule has 0 radical (unpaired) electrons. The van der Waals surface area contributed by atoms with E-state index in [1.54, 1.807) is 26.0 Å². The zero-order chi connectivity index (χ0) is 25.8. The quantitative estimate of drug-likeness (QED) is 0.327. The molecule has 1 fully saturated rings. The van der Waals surface area contributed by atoms with Gasteiger partial charge in [0, 0.05) is 49.1 Å². The number of benzene rings is 2. The fourth-order valence-corrected chi connectivity index (χ4v) is 5.02. The number of rotatable bonds is 7. The largest absolute Gasteiger partial charge is 0.468 e. The zero-order valence-corrected chi connectivity index (χ0v) is 20.5. The van der Waals surface area contributed by atoms with Gasteiger partial charge < -0.3 is 9.47 Å². The third-order valence-electron chi connectivity index (χ3n) is 6.70. The highest BCUT2D eigenvalue weighted by molar-refractivity contribution is 6.07. The number of esters is 2. The Morgan fingerprint density at radius 1 is 1.14 bits per heavy atom. The number of hydrogen-bond donors (Lipinski definition) is 0. The molecule has 0 N–H and O–H groups in total. The molecule has 2 aliphatic heterocycles. The van der Waals surface area contributed by atoms with Crippen molar-refractivity contribution in [3.05, 3.63) is 87.1 Å². The molecule has 0 aromatic heterocycles. The third-order valence-corrected chi connectivity index (χ3v) is 6.70. The Kier molecular flexibility index (Phi) is 7.59. The minimum atomic E-state index is -0.901. The molecule has 2 aromatic carbocycles. The fourth-order valence-electron chi connectivity index (χ4n) is 5.02. The summed E-state index contributed by atoms with van der Waals surface area (Å²) in [6.45, 7) is 5.53. The van der Waals surface area contributed by atoms with Crippen LogP contribution in [0.5, 0.6) is 0 Å². The summed E-state index contributed by atoms with van der Waals surface area (Å²) in [7, 11) is 1.27. The lowest BCUT2D eigenvalue weighted by molar-refractivity contribution is -0.384. The minimum absolute atomic E-state index is 0.131. The van der Waals surface area contributed by atoms with Gasteiger partial charge in [0.05, 0.1) is 17.6 Å². The van der Waals surface area contributed by atoms with Gasteiger partial charge in [0.15, 0.2) is 0 Å². The van der Waals surface area contributed by atoms with Gasteiger partial charge in [-0.1, -0.05) is 42.5 Å². The Bertz CT molecular complexity index is 1220. The highest BCUT2D eigenvalue weighted by Crippen LogP contribution is 2.41. The average Bonchev–Trinajstić information content (AvgIpc) is 3.30. The number of allylic oxidation sites excluding steroid dienone is 1. The van der Waals surface area contributed by atoms with Crippen molar-refractivity contribution >= 4 is 23.3 Å². The van der Waals surface area contributed by atoms with Crippen LogP contribution in [-0.4, -0.2) is 53.8 Å². The number of aliphatic imine (C=N–C) groups is 1. The number of methoxy groups -OCH3 is 1. The van der Waals surface area contributed by atoms with Gasteiger partial charge in [-0.15, -0.1) is 0 Å². The number of hydrogen-bond acceptors (Lipinski definition) is 8. The van der Waals surface area contributed by atoms with Crippen molar-refractivity contribution < 1.29 is 24.0 Å². The van der Waals surface area contributed by atoms with Gasteiger partial charge in [-0.25, -0.2) is 4.79 Å². The van der Waals surface area contributed by atoms with E-state index in [9.17, 15) is 19.7 Å². The second kappa shape index (κ2) is 10.8. The Morgan fingerprint density at radius 3 is 2.58 bits per heavy atom. The second-order valence-corrected chi connectivity index (χ2v) is 9.12. The summed E-state index contributed by atoms with van der Waals surface area (Å²) < 4.78 is 10.9. The van der Waals surface area contributed by atoms with E-state index in [2.05, 4.69) is 22.0 Å². The van der Waals surface area contributed by atoms with Crippen LogP contribution in [0, 0.1) is 16.0 Å². The number of nitro groups is 1. The molecule has 1 saturated heterocycles. The molecule has 9 nitrogen and oxygen atoms in total. The summed E-state index contributed by atoms with van der Waals surface area (Å²) in [5.41, 5.74) is 2.63. The third kappa shape index (κ3) is 5.36. The van der Waals surface area contributed by atoms with Gasteiger partial charge in [-0.05, 0) is 31.4 Å². The number of likely N-dealkylation sites (tertiary alicyclic amines) is 1. The van der Waals surface area contributed by atoms with Crippen LogP contribution in [0.4, 0.5) is 5.69 Å². The SMILES string of the molecule is COC(=O)C1C(C)=NC(C)=C(C(=O)O[C@H]2CCN(Cc3ccccc3)C2)[C@@H]1c1cccc([N+](=O)[O-])c1. The molecule has 0 bridgehead atoms. The molecule has 0 amide bonds. The molecule has 0 spiro atoms. The molecule has 2 heterocycles. The highest BCUT2D eigenvalue weighted by Gasteiger charge is 2.43. The number of carbonyl (C=O) groups excluding carboxylic acids is 2. The first-order chi connectivity index (χ1) is 17.3. The monoisotopic (exact) mass is 491 g/mol. The number of carbonyl (C=O) groups is 2. The van der Waals surface area contributed by atoms with E-state index >= 15 is 0 Å². The van der Waals surface area contributed by atoms with Gasteiger partial charge in [0.25, 0.3) is 5.69 Å². The fraction of sp³-hybridized carbons (Fsp3) is 0.370. The van der Waals surface area contributed by atoms with Crippen molar-refractivity contribution in [2.75, 3.05) is 20.2 Å². The molecule has 3 atom stereocenters. The predicted octanol–water partition coefficient (Wildman–Crippen LogP) is 4.03. The van der Waals surface area contributed by atoms with E-state index in [0.29, 0.717) is 29.9 Å². The van der Waals surface area contributed by atoms with E-state index in [-0.39, 0.29) is 17.4 Å². The Labute approximate surface area is 209 Å². The number of nitrogens with zero attached hydrogens (tertiary/aromatic N) is 3. The van der Waals surface area contributed by atoms with Gasteiger partial charge in [0.1, 0.15) is 12.0 Å². The van der Waals surface area contributed by atoms with Gasteiger partial charge in [0.2, 0.25) is 0 Å². The normalized spacial score (nSPS) is 22.2. The molecule has 2 aliphatic rings. The minimum Gasteiger partial charge on any atom is -0.468 e. The number of non-ortho nitro benzene ring substituents is 1. The summed E-state index contributed by atoms with van der Waals surface area (Å²) in [4.78, 5) is 44.0. The van der Waals surface area contributed by atoms with Crippen LogP contribution in [-0.2, 0) is 25.6 Å². The van der Waals surface area contributed by atoms with Gasteiger partial charge in [-0.3, -0.25) is 24.8 Å². The molecular weight excluding hydrogens is 462 g/mol. The van der Waals surface area contributed by atoms with Crippen LogP contribution in [0.15, 0.2) is 70.9 Å². The van der Waals surface area contributed by atoms with Crippen molar-refractivity contribution in [3.8, 4) is 0 Å². The summed E-state index contributed by atoms with van der Waals surface area (Å²) in [5.74, 6) is -2.85. The van der Waals surface area contributed by atoms with Gasteiger partial charge >= 0.3 is 11.9 Å². The molecule has 36 heavy (non-hydrogen) atoms. The summed E-state index contributed by atoms with van der Waals surface area (Å²) >= 11 is 0. The smallest absolute Gasteiger partial charge is 0.336 e. The highest BCUT2D eigenvalue weighted by atomic mass is 16.6. The first-order valence-corrected chi connectivity index (χ1v) is 11.8. The number of nitro benzene ring substituents is 1. The van der Waals surface area contributed by atoms with E-state index in [4.69, 9.17) is 9.47 Å². The molecule has 1 unspecified atom stereocenters. The summed E-state index contributed by atoms with van der Waals surface area (Å²) in [6.07, 6.45) is 0.380.